The van der Waals surface area contributed by atoms with Gasteiger partial charge < -0.3 is 10.3 Å². The van der Waals surface area contributed by atoms with E-state index in [0.717, 1.165) is 18.8 Å². The van der Waals surface area contributed by atoms with Crippen molar-refractivity contribution in [1.29, 1.82) is 0 Å². The van der Waals surface area contributed by atoms with Crippen molar-refractivity contribution in [2.24, 2.45) is 11.8 Å². The van der Waals surface area contributed by atoms with Crippen LogP contribution in [-0.4, -0.2) is 16.0 Å². The summed E-state index contributed by atoms with van der Waals surface area (Å²) in [5.41, 5.74) is -0.290. The summed E-state index contributed by atoms with van der Waals surface area (Å²) in [5, 5.41) is 3.43. The summed E-state index contributed by atoms with van der Waals surface area (Å²) in [5.74, 6) is 1.97. The van der Waals surface area contributed by atoms with E-state index in [2.05, 4.69) is 29.1 Å². The van der Waals surface area contributed by atoms with Gasteiger partial charge in [0.05, 0.1) is 6.33 Å². The van der Waals surface area contributed by atoms with E-state index in [1.54, 1.807) is 0 Å². The standard InChI is InChI=1S/C12H18ClN3O/c1-7-3-4-9(5-8(7)2)16-11-10(13)12(17)15-6-14-11/h6-9H,3-5H2,1-2H3,(H2,14,15,16,17). The van der Waals surface area contributed by atoms with Crippen LogP contribution in [0.1, 0.15) is 33.1 Å². The topological polar surface area (TPSA) is 57.8 Å². The highest BCUT2D eigenvalue weighted by Gasteiger charge is 2.25. The minimum atomic E-state index is -0.290. The van der Waals surface area contributed by atoms with E-state index in [4.69, 9.17) is 11.6 Å². The fourth-order valence-electron chi connectivity index (χ4n) is 2.36. The molecule has 1 aromatic heterocycles. The van der Waals surface area contributed by atoms with Gasteiger partial charge in [0.1, 0.15) is 5.02 Å². The van der Waals surface area contributed by atoms with E-state index in [0.29, 0.717) is 17.8 Å². The summed E-state index contributed by atoms with van der Waals surface area (Å²) in [6.45, 7) is 4.56. The molecule has 2 N–H and O–H groups in total. The van der Waals surface area contributed by atoms with Crippen molar-refractivity contribution in [2.75, 3.05) is 5.32 Å². The normalized spacial score (nSPS) is 29.0. The highest BCUT2D eigenvalue weighted by Crippen LogP contribution is 2.31. The molecular formula is C12H18ClN3O. The molecule has 3 unspecified atom stereocenters. The molecule has 3 atom stereocenters. The molecule has 0 bridgehead atoms. The number of H-pyrrole nitrogens is 1. The Labute approximate surface area is 106 Å². The summed E-state index contributed by atoms with van der Waals surface area (Å²) >= 11 is 5.91. The second-order valence-electron chi connectivity index (χ2n) is 5.00. The first-order chi connectivity index (χ1) is 8.08. The second-order valence-corrected chi connectivity index (χ2v) is 5.38. The SMILES string of the molecule is CC1CCC(Nc2nc[nH]c(=O)c2Cl)CC1C. The van der Waals surface area contributed by atoms with Gasteiger partial charge in [0.15, 0.2) is 5.82 Å². The van der Waals surface area contributed by atoms with E-state index in [9.17, 15) is 4.79 Å². The van der Waals surface area contributed by atoms with Crippen LogP contribution in [0.3, 0.4) is 0 Å². The Morgan fingerprint density at radius 2 is 2.18 bits per heavy atom. The van der Waals surface area contributed by atoms with Gasteiger partial charge in [-0.3, -0.25) is 4.79 Å². The number of hydrogen-bond acceptors (Lipinski definition) is 3. The Kier molecular flexibility index (Phi) is 3.72. The van der Waals surface area contributed by atoms with Crippen LogP contribution in [0, 0.1) is 11.8 Å². The van der Waals surface area contributed by atoms with Gasteiger partial charge in [0.25, 0.3) is 5.56 Å². The molecule has 1 saturated carbocycles. The predicted molar refractivity (Wildman–Crippen MR) is 69.5 cm³/mol. The Morgan fingerprint density at radius 3 is 2.88 bits per heavy atom. The van der Waals surface area contributed by atoms with Crippen LogP contribution in [0.15, 0.2) is 11.1 Å². The summed E-state index contributed by atoms with van der Waals surface area (Å²) in [6.07, 6.45) is 4.80. The molecule has 1 aliphatic rings. The van der Waals surface area contributed by atoms with Crippen molar-refractivity contribution < 1.29 is 0 Å². The lowest BCUT2D eigenvalue weighted by Gasteiger charge is -2.32. The molecule has 17 heavy (non-hydrogen) atoms. The highest BCUT2D eigenvalue weighted by atomic mass is 35.5. The second kappa shape index (κ2) is 5.08. The largest absolute Gasteiger partial charge is 0.366 e. The lowest BCUT2D eigenvalue weighted by molar-refractivity contribution is 0.260. The van der Waals surface area contributed by atoms with Gasteiger partial charge in [-0.25, -0.2) is 4.98 Å². The highest BCUT2D eigenvalue weighted by molar-refractivity contribution is 6.32. The fourth-order valence-corrected chi connectivity index (χ4v) is 2.51. The maximum absolute atomic E-state index is 11.3. The van der Waals surface area contributed by atoms with E-state index in [1.165, 1.54) is 12.7 Å². The number of aromatic nitrogens is 2. The molecule has 0 aliphatic heterocycles. The minimum absolute atomic E-state index is 0.152. The van der Waals surface area contributed by atoms with E-state index < -0.39 is 0 Å². The summed E-state index contributed by atoms with van der Waals surface area (Å²) in [6, 6.07) is 0.369. The molecule has 1 heterocycles. The minimum Gasteiger partial charge on any atom is -0.366 e. The van der Waals surface area contributed by atoms with Crippen molar-refractivity contribution >= 4 is 17.4 Å². The van der Waals surface area contributed by atoms with Gasteiger partial charge in [0, 0.05) is 6.04 Å². The van der Waals surface area contributed by atoms with Crippen molar-refractivity contribution in [3.63, 3.8) is 0 Å². The molecular weight excluding hydrogens is 238 g/mol. The van der Waals surface area contributed by atoms with Crippen molar-refractivity contribution in [3.05, 3.63) is 21.7 Å². The zero-order chi connectivity index (χ0) is 12.4. The summed E-state index contributed by atoms with van der Waals surface area (Å²) < 4.78 is 0. The van der Waals surface area contributed by atoms with Crippen molar-refractivity contribution in [1.82, 2.24) is 9.97 Å². The fraction of sp³-hybridized carbons (Fsp3) is 0.667. The molecule has 0 radical (unpaired) electrons. The first-order valence-corrected chi connectivity index (χ1v) is 6.45. The van der Waals surface area contributed by atoms with Gasteiger partial charge in [0.2, 0.25) is 0 Å². The molecule has 2 rings (SSSR count). The zero-order valence-corrected chi connectivity index (χ0v) is 10.9. The van der Waals surface area contributed by atoms with Gasteiger partial charge in [-0.15, -0.1) is 0 Å². The maximum Gasteiger partial charge on any atom is 0.271 e. The lowest BCUT2D eigenvalue weighted by atomic mass is 9.79. The molecule has 0 amide bonds. The zero-order valence-electron chi connectivity index (χ0n) is 10.2. The monoisotopic (exact) mass is 255 g/mol. The quantitative estimate of drug-likeness (QED) is 0.854. The van der Waals surface area contributed by atoms with E-state index >= 15 is 0 Å². The number of rotatable bonds is 2. The number of aromatic amines is 1. The van der Waals surface area contributed by atoms with Crippen LogP contribution in [0.25, 0.3) is 0 Å². The summed E-state index contributed by atoms with van der Waals surface area (Å²) in [4.78, 5) is 17.9. The molecule has 4 nitrogen and oxygen atoms in total. The number of hydrogen-bond donors (Lipinski definition) is 2. The van der Waals surface area contributed by atoms with Crippen LogP contribution in [0.4, 0.5) is 5.82 Å². The molecule has 0 saturated heterocycles. The van der Waals surface area contributed by atoms with Crippen LogP contribution < -0.4 is 10.9 Å². The summed E-state index contributed by atoms with van der Waals surface area (Å²) in [7, 11) is 0. The van der Waals surface area contributed by atoms with Crippen LogP contribution in [0.2, 0.25) is 5.02 Å². The average Bonchev–Trinajstić information content (AvgIpc) is 2.30. The molecule has 0 aromatic carbocycles. The Balaban J connectivity index is 2.06. The number of nitrogens with zero attached hydrogens (tertiary/aromatic N) is 1. The lowest BCUT2D eigenvalue weighted by Crippen LogP contribution is -2.31. The first kappa shape index (κ1) is 12.4. The number of anilines is 1. The Morgan fingerprint density at radius 1 is 1.41 bits per heavy atom. The third-order valence-electron chi connectivity index (χ3n) is 3.74. The van der Waals surface area contributed by atoms with E-state index in [1.807, 2.05) is 0 Å². The third kappa shape index (κ3) is 2.80. The Bertz CT molecular complexity index is 446. The third-order valence-corrected chi connectivity index (χ3v) is 4.09. The molecule has 1 aliphatic carbocycles. The van der Waals surface area contributed by atoms with Crippen LogP contribution in [-0.2, 0) is 0 Å². The van der Waals surface area contributed by atoms with Gasteiger partial charge >= 0.3 is 0 Å². The number of halogens is 1. The molecule has 94 valence electrons. The van der Waals surface area contributed by atoms with Gasteiger partial charge in [-0.2, -0.15) is 0 Å². The number of nitrogens with one attached hydrogen (secondary N) is 2. The smallest absolute Gasteiger partial charge is 0.271 e. The van der Waals surface area contributed by atoms with Gasteiger partial charge in [-0.05, 0) is 31.1 Å². The van der Waals surface area contributed by atoms with Crippen LogP contribution in [0.5, 0.6) is 0 Å². The van der Waals surface area contributed by atoms with Gasteiger partial charge in [-0.1, -0.05) is 25.4 Å². The van der Waals surface area contributed by atoms with E-state index in [-0.39, 0.29) is 10.6 Å². The molecule has 1 aromatic rings. The average molecular weight is 256 g/mol. The predicted octanol–water partition coefficient (Wildman–Crippen LogP) is 2.66. The van der Waals surface area contributed by atoms with Crippen molar-refractivity contribution in [2.45, 2.75) is 39.2 Å². The van der Waals surface area contributed by atoms with Crippen molar-refractivity contribution in [3.8, 4) is 0 Å². The van der Waals surface area contributed by atoms with Crippen LogP contribution >= 0.6 is 11.6 Å². The molecule has 0 spiro atoms. The molecule has 5 heteroatoms. The maximum atomic E-state index is 11.3. The molecule has 1 fully saturated rings. The first-order valence-electron chi connectivity index (χ1n) is 6.07. The Hall–Kier alpha value is -1.03.